The van der Waals surface area contributed by atoms with E-state index in [1.165, 1.54) is 18.2 Å². The molecule has 4 atom stereocenters. The van der Waals surface area contributed by atoms with Gasteiger partial charge in [0.2, 0.25) is 17.7 Å². The van der Waals surface area contributed by atoms with Crippen molar-refractivity contribution in [2.45, 2.75) is 38.3 Å². The Morgan fingerprint density at radius 3 is 2.61 bits per heavy atom. The number of hydrogen-bond donors (Lipinski definition) is 1. The molecule has 1 N–H and O–H groups in total. The van der Waals surface area contributed by atoms with E-state index in [0.717, 1.165) is 28.9 Å². The molecule has 0 bridgehead atoms. The summed E-state index contributed by atoms with van der Waals surface area (Å²) < 4.78 is 0. The molecule has 0 saturated carbocycles. The van der Waals surface area contributed by atoms with Gasteiger partial charge in [-0.05, 0) is 50.9 Å². The van der Waals surface area contributed by atoms with Crippen LogP contribution < -0.4 is 10.2 Å². The third kappa shape index (κ3) is 2.32. The Bertz CT molecular complexity index is 1290. The van der Waals surface area contributed by atoms with E-state index in [2.05, 4.69) is 10.2 Å². The van der Waals surface area contributed by atoms with Gasteiger partial charge in [0.25, 0.3) is 5.69 Å². The van der Waals surface area contributed by atoms with Crippen molar-refractivity contribution in [3.8, 4) is 0 Å². The third-order valence-electron chi connectivity index (χ3n) is 7.78. The second kappa shape index (κ2) is 6.48. The zero-order valence-electron chi connectivity index (χ0n) is 18.2. The number of benzene rings is 2. The molecule has 0 aliphatic carbocycles. The number of rotatable bonds is 2. The maximum absolute atomic E-state index is 14.0. The summed E-state index contributed by atoms with van der Waals surface area (Å²) in [5.41, 5.74) is 1.90. The fourth-order valence-electron chi connectivity index (χ4n) is 6.56. The molecule has 0 unspecified atom stereocenters. The van der Waals surface area contributed by atoms with Crippen molar-refractivity contribution < 1.29 is 19.3 Å². The summed E-state index contributed by atoms with van der Waals surface area (Å²) in [5.74, 6) is -2.48. The highest BCUT2D eigenvalue weighted by molar-refractivity contribution is 6.26. The molecule has 0 aromatic heterocycles. The Hall–Kier alpha value is -3.59. The second-order valence-corrected chi connectivity index (χ2v) is 9.42. The zero-order valence-corrected chi connectivity index (χ0v) is 18.2. The fourth-order valence-corrected chi connectivity index (χ4v) is 6.56. The molecule has 6 rings (SSSR count). The van der Waals surface area contributed by atoms with Gasteiger partial charge in [0.1, 0.15) is 5.54 Å². The number of amides is 3. The number of aryl methyl sites for hydroxylation is 2. The van der Waals surface area contributed by atoms with Crippen LogP contribution >= 0.6 is 0 Å². The van der Waals surface area contributed by atoms with E-state index in [-0.39, 0.29) is 23.5 Å². The molecule has 3 fully saturated rings. The molecular formula is C24H22N4O5. The van der Waals surface area contributed by atoms with Gasteiger partial charge >= 0.3 is 0 Å². The van der Waals surface area contributed by atoms with Gasteiger partial charge in [-0.3, -0.25) is 29.4 Å². The lowest BCUT2D eigenvalue weighted by Gasteiger charge is -2.36. The summed E-state index contributed by atoms with van der Waals surface area (Å²) >= 11 is 0. The van der Waals surface area contributed by atoms with Gasteiger partial charge in [0.05, 0.1) is 22.4 Å². The number of fused-ring (bicyclic) bond motifs is 7. The lowest BCUT2D eigenvalue weighted by molar-refractivity contribution is -0.384. The predicted molar refractivity (Wildman–Crippen MR) is 119 cm³/mol. The van der Waals surface area contributed by atoms with Crippen molar-refractivity contribution in [1.29, 1.82) is 0 Å². The van der Waals surface area contributed by atoms with Gasteiger partial charge in [-0.1, -0.05) is 17.7 Å². The molecule has 2 aromatic carbocycles. The Labute approximate surface area is 189 Å². The maximum Gasteiger partial charge on any atom is 0.269 e. The minimum absolute atomic E-state index is 0.103. The average molecular weight is 446 g/mol. The summed E-state index contributed by atoms with van der Waals surface area (Å²) in [6.07, 6.45) is 1.59. The van der Waals surface area contributed by atoms with Crippen molar-refractivity contribution in [1.82, 2.24) is 4.90 Å². The average Bonchev–Trinajstić information content (AvgIpc) is 3.47. The van der Waals surface area contributed by atoms with Crippen molar-refractivity contribution in [2.75, 3.05) is 16.8 Å². The van der Waals surface area contributed by atoms with Gasteiger partial charge in [-0.2, -0.15) is 0 Å². The predicted octanol–water partition coefficient (Wildman–Crippen LogP) is 2.64. The van der Waals surface area contributed by atoms with E-state index in [0.29, 0.717) is 23.5 Å². The molecule has 2 aromatic rings. The van der Waals surface area contributed by atoms with Gasteiger partial charge in [-0.25, -0.2) is 4.90 Å². The summed E-state index contributed by atoms with van der Waals surface area (Å²) in [6, 6.07) is 9.64. The number of hydrogen-bond acceptors (Lipinski definition) is 6. The molecule has 4 heterocycles. The molecule has 9 heteroatoms. The zero-order chi connectivity index (χ0) is 23.2. The van der Waals surface area contributed by atoms with E-state index < -0.39 is 28.2 Å². The Morgan fingerprint density at radius 2 is 1.88 bits per heavy atom. The summed E-state index contributed by atoms with van der Waals surface area (Å²) in [7, 11) is 0. The maximum atomic E-state index is 14.0. The van der Waals surface area contributed by atoms with Crippen molar-refractivity contribution in [2.24, 2.45) is 11.8 Å². The number of carbonyl (C=O) groups is 3. The van der Waals surface area contributed by atoms with E-state index in [9.17, 15) is 24.5 Å². The third-order valence-corrected chi connectivity index (χ3v) is 7.78. The van der Waals surface area contributed by atoms with E-state index >= 15 is 0 Å². The van der Waals surface area contributed by atoms with Crippen LogP contribution in [0.1, 0.15) is 29.5 Å². The van der Waals surface area contributed by atoms with Crippen LogP contribution in [0.2, 0.25) is 0 Å². The van der Waals surface area contributed by atoms with E-state index in [1.54, 1.807) is 6.92 Å². The molecule has 4 aliphatic rings. The highest BCUT2D eigenvalue weighted by Crippen LogP contribution is 2.60. The van der Waals surface area contributed by atoms with E-state index in [1.807, 2.05) is 25.1 Å². The van der Waals surface area contributed by atoms with Crippen LogP contribution in [0.3, 0.4) is 0 Å². The number of carbonyl (C=O) groups excluding carboxylic acids is 3. The molecule has 0 radical (unpaired) electrons. The first-order chi connectivity index (χ1) is 15.8. The molecule has 4 aliphatic heterocycles. The summed E-state index contributed by atoms with van der Waals surface area (Å²) in [4.78, 5) is 55.2. The first-order valence-electron chi connectivity index (χ1n) is 11.1. The normalized spacial score (nSPS) is 30.1. The van der Waals surface area contributed by atoms with Crippen LogP contribution in [0.15, 0.2) is 36.4 Å². The summed E-state index contributed by atoms with van der Waals surface area (Å²) in [6.45, 7) is 4.24. The number of nitrogens with zero attached hydrogens (tertiary/aromatic N) is 3. The number of nitrogens with one attached hydrogen (secondary N) is 1. The lowest BCUT2D eigenvalue weighted by atomic mass is 9.75. The number of anilines is 2. The van der Waals surface area contributed by atoms with Crippen molar-refractivity contribution in [3.05, 3.63) is 63.2 Å². The van der Waals surface area contributed by atoms with Crippen LogP contribution in [-0.4, -0.2) is 40.1 Å². The molecule has 3 saturated heterocycles. The highest BCUT2D eigenvalue weighted by Gasteiger charge is 2.74. The van der Waals surface area contributed by atoms with Crippen LogP contribution in [0, 0.1) is 35.8 Å². The largest absolute Gasteiger partial charge is 0.324 e. The topological polar surface area (TPSA) is 113 Å². The van der Waals surface area contributed by atoms with Crippen molar-refractivity contribution >= 4 is 34.8 Å². The van der Waals surface area contributed by atoms with Gasteiger partial charge < -0.3 is 5.32 Å². The highest BCUT2D eigenvalue weighted by atomic mass is 16.6. The molecule has 33 heavy (non-hydrogen) atoms. The molecular weight excluding hydrogens is 424 g/mol. The number of imide groups is 1. The Balaban J connectivity index is 1.53. The minimum atomic E-state index is -1.22. The first-order valence-corrected chi connectivity index (χ1v) is 11.1. The number of nitro benzene ring substituents is 1. The van der Waals surface area contributed by atoms with E-state index in [4.69, 9.17) is 0 Å². The van der Waals surface area contributed by atoms with Crippen LogP contribution in [0.25, 0.3) is 0 Å². The van der Waals surface area contributed by atoms with Crippen LogP contribution in [0.4, 0.5) is 17.1 Å². The second-order valence-electron chi connectivity index (χ2n) is 9.42. The number of non-ortho nitro benzene ring substituents is 1. The SMILES string of the molecule is Cc1ccc2c(c1)[C@]1(C(=O)N2)[C@H]2C(=O)N(c3ccc([N+](=O)[O-])cc3C)C(=O)[C@@H]2[C@H]2CCCN21. The van der Waals surface area contributed by atoms with Gasteiger partial charge in [0.15, 0.2) is 0 Å². The van der Waals surface area contributed by atoms with Gasteiger partial charge in [-0.15, -0.1) is 0 Å². The number of nitro groups is 1. The smallest absolute Gasteiger partial charge is 0.269 e. The molecule has 1 spiro atoms. The lowest BCUT2D eigenvalue weighted by Crippen LogP contribution is -2.54. The first kappa shape index (κ1) is 20.0. The van der Waals surface area contributed by atoms with Crippen LogP contribution in [-0.2, 0) is 19.9 Å². The monoisotopic (exact) mass is 446 g/mol. The molecule has 9 nitrogen and oxygen atoms in total. The summed E-state index contributed by atoms with van der Waals surface area (Å²) in [5, 5.41) is 14.1. The molecule has 3 amide bonds. The Kier molecular flexibility index (Phi) is 3.93. The Morgan fingerprint density at radius 1 is 1.09 bits per heavy atom. The van der Waals surface area contributed by atoms with Crippen LogP contribution in [0.5, 0.6) is 0 Å². The molecule has 168 valence electrons. The van der Waals surface area contributed by atoms with Gasteiger partial charge in [0, 0.05) is 29.4 Å². The standard InChI is InChI=1S/C24H22N4O5/c1-12-5-7-16-15(10-12)24(23(31)25-16)20-19(18-4-3-9-26(18)24)21(29)27(22(20)30)17-8-6-14(28(32)33)11-13(17)2/h5-8,10-11,18-20H,3-4,9H2,1-2H3,(H,25,31)/t18-,19-,20-,24-/m1/s1. The minimum Gasteiger partial charge on any atom is -0.324 e. The fraction of sp³-hybridized carbons (Fsp3) is 0.375. The quantitative estimate of drug-likeness (QED) is 0.431. The van der Waals surface area contributed by atoms with Crippen molar-refractivity contribution in [3.63, 3.8) is 0 Å².